The van der Waals surface area contributed by atoms with Crippen LogP contribution in [0.2, 0.25) is 5.02 Å². The first kappa shape index (κ1) is 18.5. The van der Waals surface area contributed by atoms with Gasteiger partial charge in [0.2, 0.25) is 0 Å². The van der Waals surface area contributed by atoms with Crippen molar-refractivity contribution < 1.29 is 9.13 Å². The molecule has 1 N–H and O–H groups in total. The second kappa shape index (κ2) is 7.96. The molecule has 1 aliphatic heterocycles. The van der Waals surface area contributed by atoms with Crippen molar-refractivity contribution in [1.82, 2.24) is 0 Å². The van der Waals surface area contributed by atoms with Crippen molar-refractivity contribution in [2.75, 3.05) is 18.5 Å². The molecular formula is C22H23ClFNO. The minimum atomic E-state index is -0.306. The van der Waals surface area contributed by atoms with Gasteiger partial charge in [0, 0.05) is 23.7 Å². The fraction of sp³-hybridized carbons (Fsp3) is 0.273. The van der Waals surface area contributed by atoms with Crippen LogP contribution in [0.25, 0.3) is 11.6 Å². The SMILES string of the molecule is C=C(OCC)C1CNc2cc(/C=C(\C)c3c(F)cccc3Cl)ccc2C1. The molecule has 0 amide bonds. The van der Waals surface area contributed by atoms with E-state index in [0.29, 0.717) is 17.2 Å². The van der Waals surface area contributed by atoms with Crippen molar-refractivity contribution in [3.05, 3.63) is 76.3 Å². The summed E-state index contributed by atoms with van der Waals surface area (Å²) in [5.74, 6) is 0.807. The van der Waals surface area contributed by atoms with Gasteiger partial charge in [0.25, 0.3) is 0 Å². The number of hydrogen-bond donors (Lipinski definition) is 1. The number of ether oxygens (including phenoxy) is 1. The van der Waals surface area contributed by atoms with Crippen LogP contribution < -0.4 is 5.32 Å². The predicted octanol–water partition coefficient (Wildman–Crippen LogP) is 6.17. The summed E-state index contributed by atoms with van der Waals surface area (Å²) in [6.07, 6.45) is 2.86. The maximum Gasteiger partial charge on any atom is 0.132 e. The molecule has 1 heterocycles. The summed E-state index contributed by atoms with van der Waals surface area (Å²) < 4.78 is 19.7. The number of rotatable bonds is 5. The first-order chi connectivity index (χ1) is 12.5. The quantitative estimate of drug-likeness (QED) is 0.501. The molecule has 1 aliphatic rings. The van der Waals surface area contributed by atoms with Crippen molar-refractivity contribution >= 4 is 28.9 Å². The Labute approximate surface area is 159 Å². The van der Waals surface area contributed by atoms with E-state index in [2.05, 4.69) is 24.0 Å². The highest BCUT2D eigenvalue weighted by molar-refractivity contribution is 6.32. The third kappa shape index (κ3) is 3.94. The summed E-state index contributed by atoms with van der Waals surface area (Å²) in [6, 6.07) is 11.0. The van der Waals surface area contributed by atoms with Crippen LogP contribution in [0.4, 0.5) is 10.1 Å². The van der Waals surface area contributed by atoms with Crippen molar-refractivity contribution in [3.8, 4) is 0 Å². The first-order valence-electron chi connectivity index (χ1n) is 8.80. The molecule has 0 aromatic heterocycles. The highest BCUT2D eigenvalue weighted by atomic mass is 35.5. The number of hydrogen-bond acceptors (Lipinski definition) is 2. The van der Waals surface area contributed by atoms with Crippen LogP contribution in [0.3, 0.4) is 0 Å². The maximum atomic E-state index is 14.1. The number of fused-ring (bicyclic) bond motifs is 1. The van der Waals surface area contributed by atoms with E-state index >= 15 is 0 Å². The molecule has 0 fully saturated rings. The van der Waals surface area contributed by atoms with E-state index in [-0.39, 0.29) is 11.7 Å². The van der Waals surface area contributed by atoms with Crippen LogP contribution in [0.1, 0.15) is 30.5 Å². The normalized spacial score (nSPS) is 16.6. The summed E-state index contributed by atoms with van der Waals surface area (Å²) in [6.45, 7) is 9.32. The van der Waals surface area contributed by atoms with Crippen LogP contribution in [0, 0.1) is 11.7 Å². The van der Waals surface area contributed by atoms with Gasteiger partial charge in [-0.3, -0.25) is 0 Å². The van der Waals surface area contributed by atoms with Gasteiger partial charge in [-0.05, 0) is 55.2 Å². The zero-order chi connectivity index (χ0) is 18.7. The first-order valence-corrected chi connectivity index (χ1v) is 9.18. The van der Waals surface area contributed by atoms with Crippen molar-refractivity contribution in [2.45, 2.75) is 20.3 Å². The van der Waals surface area contributed by atoms with Gasteiger partial charge in [-0.1, -0.05) is 42.5 Å². The Bertz CT molecular complexity index is 839. The van der Waals surface area contributed by atoms with Crippen LogP contribution in [0.5, 0.6) is 0 Å². The van der Waals surface area contributed by atoms with Gasteiger partial charge in [0.15, 0.2) is 0 Å². The van der Waals surface area contributed by atoms with Gasteiger partial charge in [0.05, 0.1) is 17.4 Å². The van der Waals surface area contributed by atoms with E-state index in [0.717, 1.165) is 35.5 Å². The smallest absolute Gasteiger partial charge is 0.132 e. The molecule has 0 spiro atoms. The zero-order valence-corrected chi connectivity index (χ0v) is 15.9. The Morgan fingerprint density at radius 1 is 1.38 bits per heavy atom. The summed E-state index contributed by atoms with van der Waals surface area (Å²) in [5, 5.41) is 3.88. The zero-order valence-electron chi connectivity index (χ0n) is 15.1. The third-order valence-electron chi connectivity index (χ3n) is 4.66. The van der Waals surface area contributed by atoms with E-state index in [9.17, 15) is 4.39 Å². The van der Waals surface area contributed by atoms with Gasteiger partial charge in [-0.2, -0.15) is 0 Å². The summed E-state index contributed by atoms with van der Waals surface area (Å²) >= 11 is 6.16. The number of benzene rings is 2. The Morgan fingerprint density at radius 3 is 2.92 bits per heavy atom. The van der Waals surface area contributed by atoms with Crippen LogP contribution >= 0.6 is 11.6 Å². The number of anilines is 1. The van der Waals surface area contributed by atoms with Gasteiger partial charge >= 0.3 is 0 Å². The summed E-state index contributed by atoms with van der Waals surface area (Å²) in [7, 11) is 0. The van der Waals surface area contributed by atoms with Crippen LogP contribution in [-0.2, 0) is 11.2 Å². The predicted molar refractivity (Wildman–Crippen MR) is 108 cm³/mol. The van der Waals surface area contributed by atoms with Crippen molar-refractivity contribution in [1.29, 1.82) is 0 Å². The second-order valence-corrected chi connectivity index (χ2v) is 6.93. The highest BCUT2D eigenvalue weighted by Gasteiger charge is 2.21. The lowest BCUT2D eigenvalue weighted by molar-refractivity contribution is 0.194. The highest BCUT2D eigenvalue weighted by Crippen LogP contribution is 2.32. The Kier molecular flexibility index (Phi) is 5.67. The number of allylic oxidation sites excluding steroid dienone is 1. The molecule has 0 radical (unpaired) electrons. The molecule has 0 bridgehead atoms. The van der Waals surface area contributed by atoms with E-state index in [1.54, 1.807) is 12.1 Å². The Hall–Kier alpha value is -2.26. The molecular weight excluding hydrogens is 349 g/mol. The number of halogens is 2. The van der Waals surface area contributed by atoms with E-state index < -0.39 is 0 Å². The van der Waals surface area contributed by atoms with Gasteiger partial charge in [-0.15, -0.1) is 0 Å². The fourth-order valence-electron chi connectivity index (χ4n) is 3.32. The van der Waals surface area contributed by atoms with E-state index in [1.165, 1.54) is 11.6 Å². The minimum Gasteiger partial charge on any atom is -0.498 e. The van der Waals surface area contributed by atoms with Crippen molar-refractivity contribution in [2.24, 2.45) is 5.92 Å². The minimum absolute atomic E-state index is 0.280. The van der Waals surface area contributed by atoms with Crippen LogP contribution in [0.15, 0.2) is 48.7 Å². The van der Waals surface area contributed by atoms with Crippen LogP contribution in [-0.4, -0.2) is 13.2 Å². The Morgan fingerprint density at radius 2 is 2.19 bits per heavy atom. The molecule has 136 valence electrons. The lowest BCUT2D eigenvalue weighted by Crippen LogP contribution is -2.25. The maximum absolute atomic E-state index is 14.1. The molecule has 2 aromatic rings. The standard InChI is InChI=1S/C22H23ClFNO/c1-4-26-15(3)18-12-17-9-8-16(11-21(17)25-13-18)10-14(2)22-19(23)6-5-7-20(22)24/h5-11,18,25H,3-4,12-13H2,1-2H3/b14-10+. The molecule has 2 nitrogen and oxygen atoms in total. The molecule has 0 saturated heterocycles. The van der Waals surface area contributed by atoms with Gasteiger partial charge in [-0.25, -0.2) is 4.39 Å². The lowest BCUT2D eigenvalue weighted by Gasteiger charge is -2.27. The molecule has 1 unspecified atom stereocenters. The average Bonchev–Trinajstić information content (AvgIpc) is 2.61. The molecule has 0 aliphatic carbocycles. The second-order valence-electron chi connectivity index (χ2n) is 6.52. The van der Waals surface area contributed by atoms with E-state index in [4.69, 9.17) is 16.3 Å². The third-order valence-corrected chi connectivity index (χ3v) is 4.98. The van der Waals surface area contributed by atoms with E-state index in [1.807, 2.05) is 26.0 Å². The molecule has 1 atom stereocenters. The molecule has 4 heteroatoms. The van der Waals surface area contributed by atoms with Gasteiger partial charge < -0.3 is 10.1 Å². The number of nitrogens with one attached hydrogen (secondary N) is 1. The van der Waals surface area contributed by atoms with Crippen molar-refractivity contribution in [3.63, 3.8) is 0 Å². The molecule has 3 rings (SSSR count). The largest absolute Gasteiger partial charge is 0.498 e. The summed E-state index contributed by atoms with van der Waals surface area (Å²) in [4.78, 5) is 0. The van der Waals surface area contributed by atoms with Gasteiger partial charge in [0.1, 0.15) is 5.82 Å². The lowest BCUT2D eigenvalue weighted by atomic mass is 9.91. The average molecular weight is 372 g/mol. The fourth-order valence-corrected chi connectivity index (χ4v) is 3.64. The molecule has 26 heavy (non-hydrogen) atoms. The topological polar surface area (TPSA) is 21.3 Å². The molecule has 0 saturated carbocycles. The summed E-state index contributed by atoms with van der Waals surface area (Å²) in [5.41, 5.74) is 4.60. The molecule has 2 aromatic carbocycles. The monoisotopic (exact) mass is 371 g/mol. The Balaban J connectivity index is 1.83.